The molecule has 2 atom stereocenters. The van der Waals surface area contributed by atoms with Gasteiger partial charge < -0.3 is 16.2 Å². The van der Waals surface area contributed by atoms with Crippen LogP contribution in [0.2, 0.25) is 0 Å². The molecule has 94 valence electrons. The molecule has 1 amide bonds. The molecule has 5 nitrogen and oxygen atoms in total. The second-order valence-corrected chi connectivity index (χ2v) is 5.08. The van der Waals surface area contributed by atoms with Crippen LogP contribution in [0.1, 0.15) is 40.5 Å². The Balaban J connectivity index is 4.43. The SMILES string of the molecule is CCC(N)CC(=O)N[C@@H](C(=O)O)C(C)(C)C. The highest BCUT2D eigenvalue weighted by Gasteiger charge is 2.32. The standard InChI is InChI=1S/C11H22N2O3/c1-5-7(12)6-8(14)13-9(10(15)16)11(2,3)4/h7,9H,5-6,12H2,1-4H3,(H,13,14)(H,15,16)/t7?,9-/m0/s1. The molecule has 5 heteroatoms. The number of hydrogen-bond acceptors (Lipinski definition) is 3. The maximum Gasteiger partial charge on any atom is 0.326 e. The molecule has 0 heterocycles. The van der Waals surface area contributed by atoms with Crippen molar-refractivity contribution in [1.82, 2.24) is 5.32 Å². The van der Waals surface area contributed by atoms with Gasteiger partial charge in [0.1, 0.15) is 6.04 Å². The number of amides is 1. The van der Waals surface area contributed by atoms with Gasteiger partial charge in [0.05, 0.1) is 0 Å². The van der Waals surface area contributed by atoms with Crippen molar-refractivity contribution >= 4 is 11.9 Å². The van der Waals surface area contributed by atoms with Crippen molar-refractivity contribution < 1.29 is 14.7 Å². The average molecular weight is 230 g/mol. The van der Waals surface area contributed by atoms with E-state index in [2.05, 4.69) is 5.32 Å². The smallest absolute Gasteiger partial charge is 0.326 e. The minimum Gasteiger partial charge on any atom is -0.480 e. The maximum absolute atomic E-state index is 11.5. The molecule has 0 aliphatic carbocycles. The Morgan fingerprint density at radius 2 is 1.88 bits per heavy atom. The van der Waals surface area contributed by atoms with E-state index in [1.54, 1.807) is 20.8 Å². The van der Waals surface area contributed by atoms with Crippen molar-refractivity contribution in [2.24, 2.45) is 11.1 Å². The fourth-order valence-corrected chi connectivity index (χ4v) is 1.25. The minimum atomic E-state index is -1.02. The molecular weight excluding hydrogens is 208 g/mol. The Bertz CT molecular complexity index is 258. The second-order valence-electron chi connectivity index (χ2n) is 5.08. The van der Waals surface area contributed by atoms with Gasteiger partial charge >= 0.3 is 5.97 Å². The van der Waals surface area contributed by atoms with Gasteiger partial charge in [0.25, 0.3) is 0 Å². The molecule has 0 aliphatic rings. The molecule has 0 fully saturated rings. The van der Waals surface area contributed by atoms with Gasteiger partial charge in [-0.05, 0) is 11.8 Å². The van der Waals surface area contributed by atoms with Crippen LogP contribution in [0.3, 0.4) is 0 Å². The Hall–Kier alpha value is -1.10. The van der Waals surface area contributed by atoms with E-state index in [-0.39, 0.29) is 18.4 Å². The maximum atomic E-state index is 11.5. The van der Waals surface area contributed by atoms with Gasteiger partial charge in [-0.25, -0.2) is 4.79 Å². The minimum absolute atomic E-state index is 0.163. The van der Waals surface area contributed by atoms with E-state index >= 15 is 0 Å². The molecule has 0 aromatic rings. The number of carbonyl (C=O) groups excluding carboxylic acids is 1. The van der Waals surface area contributed by atoms with E-state index in [0.717, 1.165) is 0 Å². The predicted octanol–water partition coefficient (Wildman–Crippen LogP) is 0.729. The summed E-state index contributed by atoms with van der Waals surface area (Å²) in [5, 5.41) is 11.5. The highest BCUT2D eigenvalue weighted by Crippen LogP contribution is 2.19. The zero-order valence-electron chi connectivity index (χ0n) is 10.4. The highest BCUT2D eigenvalue weighted by atomic mass is 16.4. The summed E-state index contributed by atoms with van der Waals surface area (Å²) in [6.45, 7) is 7.19. The summed E-state index contributed by atoms with van der Waals surface area (Å²) in [6, 6.07) is -1.10. The van der Waals surface area contributed by atoms with Crippen molar-refractivity contribution in [3.8, 4) is 0 Å². The molecule has 16 heavy (non-hydrogen) atoms. The van der Waals surface area contributed by atoms with E-state index < -0.39 is 17.4 Å². The fraction of sp³-hybridized carbons (Fsp3) is 0.818. The predicted molar refractivity (Wildman–Crippen MR) is 61.9 cm³/mol. The lowest BCUT2D eigenvalue weighted by atomic mass is 9.86. The van der Waals surface area contributed by atoms with E-state index in [0.29, 0.717) is 6.42 Å². The molecule has 0 spiro atoms. The summed E-state index contributed by atoms with van der Waals surface area (Å²) in [5.41, 5.74) is 5.11. The van der Waals surface area contributed by atoms with E-state index in [1.807, 2.05) is 6.92 Å². The summed E-state index contributed by atoms with van der Waals surface area (Å²) in [4.78, 5) is 22.5. The first-order chi connectivity index (χ1) is 7.18. The second kappa shape index (κ2) is 5.84. The summed E-state index contributed by atoms with van der Waals surface area (Å²) < 4.78 is 0. The van der Waals surface area contributed by atoms with E-state index in [9.17, 15) is 9.59 Å². The van der Waals surface area contributed by atoms with E-state index in [4.69, 9.17) is 10.8 Å². The molecule has 0 aromatic heterocycles. The number of aliphatic carboxylic acids is 1. The van der Waals surface area contributed by atoms with Gasteiger partial charge in [-0.3, -0.25) is 4.79 Å². The first-order valence-electron chi connectivity index (χ1n) is 5.46. The van der Waals surface area contributed by atoms with Crippen LogP contribution >= 0.6 is 0 Å². The van der Waals surface area contributed by atoms with Crippen LogP contribution in [0.25, 0.3) is 0 Å². The first kappa shape index (κ1) is 14.9. The van der Waals surface area contributed by atoms with Crippen LogP contribution in [0.4, 0.5) is 0 Å². The lowest BCUT2D eigenvalue weighted by Gasteiger charge is -2.28. The van der Waals surface area contributed by atoms with Crippen molar-refractivity contribution in [1.29, 1.82) is 0 Å². The Labute approximate surface area is 96.4 Å². The fourth-order valence-electron chi connectivity index (χ4n) is 1.25. The molecule has 4 N–H and O–H groups in total. The van der Waals surface area contributed by atoms with Gasteiger partial charge in [-0.15, -0.1) is 0 Å². The number of rotatable bonds is 5. The number of carboxylic acids is 1. The largest absolute Gasteiger partial charge is 0.480 e. The van der Waals surface area contributed by atoms with Crippen molar-refractivity contribution in [2.45, 2.75) is 52.6 Å². The van der Waals surface area contributed by atoms with Crippen molar-refractivity contribution in [3.05, 3.63) is 0 Å². The molecule has 0 radical (unpaired) electrons. The van der Waals surface area contributed by atoms with Gasteiger partial charge in [0, 0.05) is 12.5 Å². The summed E-state index contributed by atoms with van der Waals surface area (Å²) in [6.07, 6.45) is 0.858. The summed E-state index contributed by atoms with van der Waals surface area (Å²) in [7, 11) is 0. The third kappa shape index (κ3) is 5.11. The molecule has 0 saturated carbocycles. The molecule has 0 rings (SSSR count). The van der Waals surface area contributed by atoms with Gasteiger partial charge in [-0.1, -0.05) is 27.7 Å². The number of carboxylic acid groups (broad SMARTS) is 1. The lowest BCUT2D eigenvalue weighted by Crippen LogP contribution is -2.50. The highest BCUT2D eigenvalue weighted by molar-refractivity contribution is 5.84. The first-order valence-corrected chi connectivity index (χ1v) is 5.46. The quantitative estimate of drug-likeness (QED) is 0.649. The van der Waals surface area contributed by atoms with E-state index in [1.165, 1.54) is 0 Å². The van der Waals surface area contributed by atoms with Gasteiger partial charge in [0.15, 0.2) is 0 Å². The van der Waals surface area contributed by atoms with Crippen LogP contribution in [0, 0.1) is 5.41 Å². The molecule has 0 aromatic carbocycles. The Morgan fingerprint density at radius 1 is 1.38 bits per heavy atom. The summed E-state index contributed by atoms with van der Waals surface area (Å²) in [5.74, 6) is -1.33. The zero-order chi connectivity index (χ0) is 12.9. The Kier molecular flexibility index (Phi) is 5.44. The number of nitrogens with one attached hydrogen (secondary N) is 1. The number of carbonyl (C=O) groups is 2. The molecule has 0 aliphatic heterocycles. The molecule has 0 saturated heterocycles. The van der Waals surface area contributed by atoms with Crippen LogP contribution in [-0.2, 0) is 9.59 Å². The molecular formula is C11H22N2O3. The third-order valence-electron chi connectivity index (χ3n) is 2.39. The number of nitrogens with two attached hydrogens (primary N) is 1. The third-order valence-corrected chi connectivity index (χ3v) is 2.39. The Morgan fingerprint density at radius 3 is 2.19 bits per heavy atom. The van der Waals surface area contributed by atoms with Gasteiger partial charge in [-0.2, -0.15) is 0 Å². The zero-order valence-corrected chi connectivity index (χ0v) is 10.4. The van der Waals surface area contributed by atoms with Crippen LogP contribution in [0.15, 0.2) is 0 Å². The normalized spacial score (nSPS) is 15.3. The van der Waals surface area contributed by atoms with Gasteiger partial charge in [0.2, 0.25) is 5.91 Å². The van der Waals surface area contributed by atoms with Crippen molar-refractivity contribution in [2.75, 3.05) is 0 Å². The molecule has 1 unspecified atom stereocenters. The van der Waals surface area contributed by atoms with Crippen LogP contribution < -0.4 is 11.1 Å². The van der Waals surface area contributed by atoms with Crippen LogP contribution in [0.5, 0.6) is 0 Å². The lowest BCUT2D eigenvalue weighted by molar-refractivity contribution is -0.145. The monoisotopic (exact) mass is 230 g/mol. The molecule has 0 bridgehead atoms. The van der Waals surface area contributed by atoms with Crippen LogP contribution in [-0.4, -0.2) is 29.1 Å². The topological polar surface area (TPSA) is 92.4 Å². The number of hydrogen-bond donors (Lipinski definition) is 3. The summed E-state index contributed by atoms with van der Waals surface area (Å²) >= 11 is 0. The van der Waals surface area contributed by atoms with Crippen molar-refractivity contribution in [3.63, 3.8) is 0 Å². The average Bonchev–Trinajstić information content (AvgIpc) is 2.11.